The SMILES string of the molecule is C=CCOCCOCCOCCOCCOCCOC1CCCCO1. The molecule has 1 atom stereocenters. The molecule has 0 aromatic heterocycles. The van der Waals surface area contributed by atoms with Crippen LogP contribution in [-0.4, -0.2) is 85.6 Å². The number of hydrogen-bond acceptors (Lipinski definition) is 7. The first-order valence-electron chi connectivity index (χ1n) is 9.16. The van der Waals surface area contributed by atoms with Crippen LogP contribution in [0.3, 0.4) is 0 Å². The predicted octanol–water partition coefficient (Wildman–Crippen LogP) is 1.80. The first-order valence-corrected chi connectivity index (χ1v) is 9.16. The van der Waals surface area contributed by atoms with Gasteiger partial charge in [-0.3, -0.25) is 0 Å². The summed E-state index contributed by atoms with van der Waals surface area (Å²) in [6.07, 6.45) is 4.97. The molecule has 148 valence electrons. The summed E-state index contributed by atoms with van der Waals surface area (Å²) in [5.74, 6) is 0. The van der Waals surface area contributed by atoms with Gasteiger partial charge in [0, 0.05) is 6.61 Å². The highest BCUT2D eigenvalue weighted by molar-refractivity contribution is 4.63. The number of rotatable bonds is 18. The van der Waals surface area contributed by atoms with Crippen molar-refractivity contribution < 1.29 is 33.2 Å². The smallest absolute Gasteiger partial charge is 0.157 e. The standard InChI is InChI=1S/C18H34O7/c1-2-6-19-8-9-20-10-11-21-12-13-22-14-15-23-16-17-25-18-5-3-4-7-24-18/h2,18H,1,3-17H2. The molecule has 0 spiro atoms. The normalized spacial score (nSPS) is 17.7. The lowest BCUT2D eigenvalue weighted by Crippen LogP contribution is -2.24. The van der Waals surface area contributed by atoms with Gasteiger partial charge in [0.15, 0.2) is 6.29 Å². The lowest BCUT2D eigenvalue weighted by molar-refractivity contribution is -0.169. The molecule has 1 fully saturated rings. The van der Waals surface area contributed by atoms with E-state index in [1.54, 1.807) is 6.08 Å². The molecule has 0 N–H and O–H groups in total. The van der Waals surface area contributed by atoms with Crippen LogP contribution in [0.5, 0.6) is 0 Å². The molecular formula is C18H34O7. The van der Waals surface area contributed by atoms with Crippen LogP contribution in [0.15, 0.2) is 12.7 Å². The number of hydrogen-bond donors (Lipinski definition) is 0. The molecule has 1 aliphatic rings. The molecule has 1 unspecified atom stereocenters. The average molecular weight is 362 g/mol. The lowest BCUT2D eigenvalue weighted by Gasteiger charge is -2.22. The van der Waals surface area contributed by atoms with Gasteiger partial charge in [0.1, 0.15) is 0 Å². The van der Waals surface area contributed by atoms with Crippen molar-refractivity contribution in [2.75, 3.05) is 79.3 Å². The molecule has 1 heterocycles. The fourth-order valence-electron chi connectivity index (χ4n) is 2.13. The van der Waals surface area contributed by atoms with E-state index < -0.39 is 0 Å². The fourth-order valence-corrected chi connectivity index (χ4v) is 2.13. The minimum absolute atomic E-state index is 0.0469. The second-order valence-corrected chi connectivity index (χ2v) is 5.48. The molecular weight excluding hydrogens is 328 g/mol. The van der Waals surface area contributed by atoms with Gasteiger partial charge in [0.2, 0.25) is 0 Å². The highest BCUT2D eigenvalue weighted by atomic mass is 16.7. The second kappa shape index (κ2) is 18.3. The van der Waals surface area contributed by atoms with Crippen LogP contribution in [0.25, 0.3) is 0 Å². The van der Waals surface area contributed by atoms with E-state index in [9.17, 15) is 0 Å². The number of ether oxygens (including phenoxy) is 7. The summed E-state index contributed by atoms with van der Waals surface area (Å²) >= 11 is 0. The van der Waals surface area contributed by atoms with E-state index in [2.05, 4.69) is 6.58 Å². The lowest BCUT2D eigenvalue weighted by atomic mass is 10.2. The molecule has 0 aromatic carbocycles. The van der Waals surface area contributed by atoms with Crippen LogP contribution < -0.4 is 0 Å². The minimum atomic E-state index is -0.0469. The zero-order valence-corrected chi connectivity index (χ0v) is 15.3. The Hall–Kier alpha value is -0.540. The van der Waals surface area contributed by atoms with Crippen LogP contribution in [-0.2, 0) is 33.2 Å². The van der Waals surface area contributed by atoms with Crippen molar-refractivity contribution in [3.63, 3.8) is 0 Å². The van der Waals surface area contributed by atoms with E-state index in [-0.39, 0.29) is 6.29 Å². The fraction of sp³-hybridized carbons (Fsp3) is 0.889. The molecule has 0 amide bonds. The van der Waals surface area contributed by atoms with Gasteiger partial charge in [-0.05, 0) is 19.3 Å². The zero-order valence-electron chi connectivity index (χ0n) is 15.3. The van der Waals surface area contributed by atoms with Gasteiger partial charge in [-0.25, -0.2) is 0 Å². The van der Waals surface area contributed by atoms with E-state index in [1.165, 1.54) is 6.42 Å². The van der Waals surface area contributed by atoms with Crippen molar-refractivity contribution in [2.24, 2.45) is 0 Å². The summed E-state index contributed by atoms with van der Waals surface area (Å²) in [4.78, 5) is 0. The van der Waals surface area contributed by atoms with Crippen molar-refractivity contribution in [3.05, 3.63) is 12.7 Å². The zero-order chi connectivity index (χ0) is 17.8. The quantitative estimate of drug-likeness (QED) is 0.272. The Labute approximate surface area is 151 Å². The first-order chi connectivity index (χ1) is 12.4. The second-order valence-electron chi connectivity index (χ2n) is 5.48. The van der Waals surface area contributed by atoms with Gasteiger partial charge in [0.25, 0.3) is 0 Å². The first kappa shape index (κ1) is 22.5. The largest absolute Gasteiger partial charge is 0.377 e. The Morgan fingerprint density at radius 2 is 1.24 bits per heavy atom. The topological polar surface area (TPSA) is 64.6 Å². The summed E-state index contributed by atoms with van der Waals surface area (Å²) in [5.41, 5.74) is 0. The molecule has 1 saturated heterocycles. The summed E-state index contributed by atoms with van der Waals surface area (Å²) in [6, 6.07) is 0. The highest BCUT2D eigenvalue weighted by Gasteiger charge is 2.13. The van der Waals surface area contributed by atoms with E-state index in [0.717, 1.165) is 19.4 Å². The third-order valence-corrected chi connectivity index (χ3v) is 3.39. The van der Waals surface area contributed by atoms with Gasteiger partial charge < -0.3 is 33.2 Å². The van der Waals surface area contributed by atoms with Crippen molar-refractivity contribution >= 4 is 0 Å². The van der Waals surface area contributed by atoms with Gasteiger partial charge in [0.05, 0.1) is 72.7 Å². The monoisotopic (exact) mass is 362 g/mol. The molecule has 1 rings (SSSR count). The van der Waals surface area contributed by atoms with Gasteiger partial charge in [-0.15, -0.1) is 6.58 Å². The van der Waals surface area contributed by atoms with Gasteiger partial charge >= 0.3 is 0 Å². The molecule has 0 bridgehead atoms. The molecule has 7 nitrogen and oxygen atoms in total. The maximum absolute atomic E-state index is 5.57. The average Bonchev–Trinajstić information content (AvgIpc) is 2.65. The van der Waals surface area contributed by atoms with E-state index in [4.69, 9.17) is 33.2 Å². The Morgan fingerprint density at radius 3 is 1.72 bits per heavy atom. The molecule has 7 heteroatoms. The van der Waals surface area contributed by atoms with Crippen LogP contribution in [0.2, 0.25) is 0 Å². The molecule has 0 radical (unpaired) electrons. The predicted molar refractivity (Wildman–Crippen MR) is 93.8 cm³/mol. The molecule has 0 aliphatic carbocycles. The molecule has 1 aliphatic heterocycles. The van der Waals surface area contributed by atoms with E-state index in [1.807, 2.05) is 0 Å². The molecule has 0 saturated carbocycles. The third-order valence-electron chi connectivity index (χ3n) is 3.39. The summed E-state index contributed by atoms with van der Waals surface area (Å²) in [7, 11) is 0. The minimum Gasteiger partial charge on any atom is -0.377 e. The van der Waals surface area contributed by atoms with Crippen molar-refractivity contribution in [2.45, 2.75) is 25.6 Å². The van der Waals surface area contributed by atoms with Crippen LogP contribution >= 0.6 is 0 Å². The molecule has 0 aromatic rings. The summed E-state index contributed by atoms with van der Waals surface area (Å²) < 4.78 is 37.8. The maximum atomic E-state index is 5.57. The van der Waals surface area contributed by atoms with Crippen LogP contribution in [0.1, 0.15) is 19.3 Å². The van der Waals surface area contributed by atoms with Crippen molar-refractivity contribution in [3.8, 4) is 0 Å². The Bertz CT molecular complexity index is 283. The van der Waals surface area contributed by atoms with Crippen LogP contribution in [0, 0.1) is 0 Å². The Balaban J connectivity index is 1.66. The third kappa shape index (κ3) is 15.4. The van der Waals surface area contributed by atoms with E-state index >= 15 is 0 Å². The Kier molecular flexibility index (Phi) is 16.4. The van der Waals surface area contributed by atoms with E-state index in [0.29, 0.717) is 72.7 Å². The van der Waals surface area contributed by atoms with Gasteiger partial charge in [-0.1, -0.05) is 6.08 Å². The van der Waals surface area contributed by atoms with Crippen molar-refractivity contribution in [1.82, 2.24) is 0 Å². The van der Waals surface area contributed by atoms with Crippen LogP contribution in [0.4, 0.5) is 0 Å². The summed E-state index contributed by atoms with van der Waals surface area (Å²) in [5, 5.41) is 0. The Morgan fingerprint density at radius 1 is 0.720 bits per heavy atom. The highest BCUT2D eigenvalue weighted by Crippen LogP contribution is 2.13. The maximum Gasteiger partial charge on any atom is 0.157 e. The molecule has 25 heavy (non-hydrogen) atoms. The van der Waals surface area contributed by atoms with Crippen molar-refractivity contribution in [1.29, 1.82) is 0 Å². The summed E-state index contributed by atoms with van der Waals surface area (Å²) in [6.45, 7) is 10.5. The van der Waals surface area contributed by atoms with Gasteiger partial charge in [-0.2, -0.15) is 0 Å².